The molecular weight excluding hydrogens is 450 g/mol. The zero-order chi connectivity index (χ0) is 20.9. The molecule has 4 rings (SSSR count). The van der Waals surface area contributed by atoms with E-state index in [2.05, 4.69) is 21.2 Å². The van der Waals surface area contributed by atoms with Crippen LogP contribution in [-0.2, 0) is 19.1 Å². The Bertz CT molecular complexity index is 805. The van der Waals surface area contributed by atoms with Crippen molar-refractivity contribution < 1.29 is 23.8 Å². The van der Waals surface area contributed by atoms with Gasteiger partial charge in [0.2, 0.25) is 17.4 Å². The van der Waals surface area contributed by atoms with Crippen LogP contribution >= 0.6 is 15.9 Å². The Labute approximate surface area is 185 Å². The van der Waals surface area contributed by atoms with E-state index in [1.165, 1.54) is 25.5 Å². The summed E-state index contributed by atoms with van der Waals surface area (Å²) in [7, 11) is 0. The van der Waals surface area contributed by atoms with Gasteiger partial charge < -0.3 is 19.5 Å². The lowest BCUT2D eigenvalue weighted by molar-refractivity contribution is -0.138. The van der Waals surface area contributed by atoms with Gasteiger partial charge in [0.15, 0.2) is 0 Å². The molecule has 1 amide bonds. The molecule has 3 aliphatic rings. The van der Waals surface area contributed by atoms with E-state index in [9.17, 15) is 9.59 Å². The summed E-state index contributed by atoms with van der Waals surface area (Å²) in [5, 5.41) is 3.08. The lowest BCUT2D eigenvalue weighted by Crippen LogP contribution is -2.44. The number of ketones is 1. The number of allylic oxidation sites excluding steroid dienone is 1. The molecule has 1 aromatic carbocycles. The monoisotopic (exact) mass is 477 g/mol. The highest BCUT2D eigenvalue weighted by atomic mass is 79.9. The van der Waals surface area contributed by atoms with Gasteiger partial charge in [-0.1, -0.05) is 31.4 Å². The maximum Gasteiger partial charge on any atom is 0.246 e. The lowest BCUT2D eigenvalue weighted by atomic mass is 9.80. The fourth-order valence-corrected chi connectivity index (χ4v) is 4.88. The third kappa shape index (κ3) is 5.24. The summed E-state index contributed by atoms with van der Waals surface area (Å²) in [5.41, 5.74) is 0. The molecule has 0 aromatic heterocycles. The average molecular weight is 478 g/mol. The van der Waals surface area contributed by atoms with Gasteiger partial charge in [-0.15, -0.1) is 0 Å². The molecule has 1 N–H and O–H groups in total. The minimum Gasteiger partial charge on any atom is -0.493 e. The molecule has 3 unspecified atom stereocenters. The number of hydrogen-bond donors (Lipinski definition) is 1. The van der Waals surface area contributed by atoms with Crippen LogP contribution in [0.25, 0.3) is 0 Å². The molecular formula is C23H28BrNO5. The number of fused-ring (bicyclic) bond motifs is 1. The topological polar surface area (TPSA) is 73.9 Å². The van der Waals surface area contributed by atoms with Gasteiger partial charge in [0.05, 0.1) is 16.5 Å². The molecule has 0 spiro atoms. The largest absolute Gasteiger partial charge is 0.493 e. The summed E-state index contributed by atoms with van der Waals surface area (Å²) < 4.78 is 18.2. The number of rotatable bonds is 6. The van der Waals surface area contributed by atoms with Crippen LogP contribution in [0, 0.1) is 5.92 Å². The molecule has 1 aromatic rings. The van der Waals surface area contributed by atoms with Crippen molar-refractivity contribution >= 4 is 27.6 Å². The van der Waals surface area contributed by atoms with E-state index in [1.807, 2.05) is 18.2 Å². The molecule has 6 nitrogen and oxygen atoms in total. The molecule has 2 aliphatic carbocycles. The summed E-state index contributed by atoms with van der Waals surface area (Å²) in [4.78, 5) is 25.1. The zero-order valence-electron chi connectivity index (χ0n) is 17.0. The first-order valence-corrected chi connectivity index (χ1v) is 11.6. The van der Waals surface area contributed by atoms with Crippen LogP contribution in [0.1, 0.15) is 51.4 Å². The van der Waals surface area contributed by atoms with Crippen LogP contribution in [0.2, 0.25) is 0 Å². The van der Waals surface area contributed by atoms with Crippen LogP contribution in [0.15, 0.2) is 40.8 Å². The summed E-state index contributed by atoms with van der Waals surface area (Å²) in [6.07, 6.45) is 8.86. The fraction of sp³-hybridized carbons (Fsp3) is 0.565. The first kappa shape index (κ1) is 21.4. The summed E-state index contributed by atoms with van der Waals surface area (Å²) in [5.74, 6) is 0.502. The van der Waals surface area contributed by atoms with E-state index in [0.717, 1.165) is 23.7 Å². The highest BCUT2D eigenvalue weighted by Crippen LogP contribution is 2.36. The van der Waals surface area contributed by atoms with Crippen LogP contribution in [-0.4, -0.2) is 36.5 Å². The molecule has 1 aliphatic heterocycles. The maximum absolute atomic E-state index is 12.9. The maximum atomic E-state index is 12.9. The number of Topliss-reactive ketones (excluding diaryl/α,β-unsaturated/α-hetero) is 1. The first-order valence-electron chi connectivity index (χ1n) is 10.8. The van der Waals surface area contributed by atoms with E-state index < -0.39 is 0 Å². The van der Waals surface area contributed by atoms with Crippen LogP contribution in [0.4, 0.5) is 0 Å². The Morgan fingerprint density at radius 2 is 1.93 bits per heavy atom. The number of halogens is 1. The predicted octanol–water partition coefficient (Wildman–Crippen LogP) is 4.27. The number of amides is 1. The van der Waals surface area contributed by atoms with Gasteiger partial charge in [-0.25, -0.2) is 0 Å². The zero-order valence-corrected chi connectivity index (χ0v) is 18.6. The van der Waals surface area contributed by atoms with Gasteiger partial charge in [-0.05, 0) is 53.7 Å². The highest BCUT2D eigenvalue weighted by Gasteiger charge is 2.41. The van der Waals surface area contributed by atoms with Crippen molar-refractivity contribution in [1.29, 1.82) is 0 Å². The van der Waals surface area contributed by atoms with Crippen LogP contribution < -0.4 is 10.1 Å². The molecule has 7 heteroatoms. The molecule has 2 saturated carbocycles. The number of carbonyl (C=O) groups is 2. The second-order valence-electron chi connectivity index (χ2n) is 8.31. The number of para-hydroxylation sites is 1. The van der Waals surface area contributed by atoms with Gasteiger partial charge in [-0.2, -0.15) is 0 Å². The van der Waals surface area contributed by atoms with Gasteiger partial charge in [0.1, 0.15) is 24.7 Å². The van der Waals surface area contributed by atoms with E-state index in [1.54, 1.807) is 6.07 Å². The van der Waals surface area contributed by atoms with E-state index >= 15 is 0 Å². The van der Waals surface area contributed by atoms with Crippen molar-refractivity contribution in [2.24, 2.45) is 5.92 Å². The molecule has 1 heterocycles. The summed E-state index contributed by atoms with van der Waals surface area (Å²) in [6.45, 7) is 0.0682. The van der Waals surface area contributed by atoms with E-state index in [0.29, 0.717) is 18.6 Å². The molecule has 3 atom stereocenters. The Kier molecular flexibility index (Phi) is 7.10. The van der Waals surface area contributed by atoms with Crippen molar-refractivity contribution in [1.82, 2.24) is 5.32 Å². The van der Waals surface area contributed by atoms with Crippen molar-refractivity contribution in [2.75, 3.05) is 6.61 Å². The second-order valence-corrected chi connectivity index (χ2v) is 9.16. The van der Waals surface area contributed by atoms with E-state index in [4.69, 9.17) is 14.2 Å². The van der Waals surface area contributed by atoms with Gasteiger partial charge in [-0.3, -0.25) is 9.59 Å². The molecule has 2 fully saturated rings. The minimum atomic E-state index is -0.233. The predicted molar refractivity (Wildman–Crippen MR) is 115 cm³/mol. The second kappa shape index (κ2) is 9.96. The third-order valence-electron chi connectivity index (χ3n) is 6.15. The molecule has 162 valence electrons. The normalized spacial score (nSPS) is 26.9. The Hall–Kier alpha value is -1.86. The first-order chi connectivity index (χ1) is 14.6. The molecule has 0 bridgehead atoms. The van der Waals surface area contributed by atoms with Gasteiger partial charge >= 0.3 is 0 Å². The summed E-state index contributed by atoms with van der Waals surface area (Å²) in [6, 6.07) is 7.69. The van der Waals surface area contributed by atoms with Crippen LogP contribution in [0.3, 0.4) is 0 Å². The van der Waals surface area contributed by atoms with Crippen molar-refractivity contribution in [3.05, 3.63) is 40.8 Å². The Morgan fingerprint density at radius 1 is 1.13 bits per heavy atom. The smallest absolute Gasteiger partial charge is 0.246 e. The van der Waals surface area contributed by atoms with E-state index in [-0.39, 0.29) is 48.2 Å². The number of benzene rings is 1. The number of nitrogens with one attached hydrogen (secondary N) is 1. The number of carbonyl (C=O) groups excluding carboxylic acids is 2. The summed E-state index contributed by atoms with van der Waals surface area (Å²) >= 11 is 3.43. The molecule has 30 heavy (non-hydrogen) atoms. The SMILES string of the molecule is O=C(COC1CCC2C(=O)C(Oc3ccccc3Br)=COC2C1)NC1CCCCC1. The third-order valence-corrected chi connectivity index (χ3v) is 6.81. The van der Waals surface area contributed by atoms with Crippen molar-refractivity contribution in [3.63, 3.8) is 0 Å². The Balaban J connectivity index is 1.26. The Morgan fingerprint density at radius 3 is 2.73 bits per heavy atom. The minimum absolute atomic E-state index is 0.0319. The standard InChI is InChI=1S/C23H28BrNO5/c24-18-8-4-5-9-19(18)30-21-13-29-20-12-16(10-11-17(20)23(21)27)28-14-22(26)25-15-6-2-1-3-7-15/h4-5,8-9,13,15-17,20H,1-3,6-7,10-12,14H2,(H,25,26). The van der Waals surface area contributed by atoms with Crippen molar-refractivity contribution in [2.45, 2.75) is 69.6 Å². The number of hydrogen-bond acceptors (Lipinski definition) is 5. The fourth-order valence-electron chi connectivity index (χ4n) is 4.51. The highest BCUT2D eigenvalue weighted by molar-refractivity contribution is 9.10. The average Bonchev–Trinajstić information content (AvgIpc) is 2.76. The molecule has 0 radical (unpaired) electrons. The molecule has 0 saturated heterocycles. The van der Waals surface area contributed by atoms with Crippen molar-refractivity contribution in [3.8, 4) is 5.75 Å². The lowest BCUT2D eigenvalue weighted by Gasteiger charge is -2.37. The number of ether oxygens (including phenoxy) is 3. The quantitative estimate of drug-likeness (QED) is 0.661. The van der Waals surface area contributed by atoms with Gasteiger partial charge in [0.25, 0.3) is 0 Å². The van der Waals surface area contributed by atoms with Gasteiger partial charge in [0, 0.05) is 12.5 Å². The van der Waals surface area contributed by atoms with Crippen LogP contribution in [0.5, 0.6) is 5.75 Å².